The van der Waals surface area contributed by atoms with E-state index in [4.69, 9.17) is 4.98 Å². The van der Waals surface area contributed by atoms with Gasteiger partial charge in [0.2, 0.25) is 5.91 Å². The second-order valence-electron chi connectivity index (χ2n) is 8.91. The quantitative estimate of drug-likeness (QED) is 0.538. The van der Waals surface area contributed by atoms with Gasteiger partial charge in [-0.25, -0.2) is 9.98 Å². The van der Waals surface area contributed by atoms with E-state index in [9.17, 15) is 4.79 Å². The molecule has 1 aromatic rings. The van der Waals surface area contributed by atoms with Crippen molar-refractivity contribution in [3.63, 3.8) is 0 Å². The van der Waals surface area contributed by atoms with E-state index in [2.05, 4.69) is 41.8 Å². The van der Waals surface area contributed by atoms with Crippen LogP contribution in [0.1, 0.15) is 63.6 Å². The van der Waals surface area contributed by atoms with E-state index in [-0.39, 0.29) is 17.9 Å². The average molecular weight is 408 g/mol. The van der Waals surface area contributed by atoms with Gasteiger partial charge in [-0.2, -0.15) is 0 Å². The maximum Gasteiger partial charge on any atom is 0.243 e. The summed E-state index contributed by atoms with van der Waals surface area (Å²) in [6.45, 7) is 8.41. The van der Waals surface area contributed by atoms with Crippen molar-refractivity contribution in [2.45, 2.75) is 64.7 Å². The summed E-state index contributed by atoms with van der Waals surface area (Å²) in [6, 6.07) is 0. The number of carbonyl (C=O) groups excluding carboxylic acids is 1. The zero-order valence-corrected chi connectivity index (χ0v) is 19.0. The van der Waals surface area contributed by atoms with Crippen molar-refractivity contribution < 1.29 is 4.79 Å². The first kappa shape index (κ1) is 22.7. The largest absolute Gasteiger partial charge is 0.356 e. The van der Waals surface area contributed by atoms with Gasteiger partial charge in [0.15, 0.2) is 5.96 Å². The molecular weight excluding hydrogens is 370 g/mol. The second kappa shape index (κ2) is 10.8. The van der Waals surface area contributed by atoms with Gasteiger partial charge in [-0.05, 0) is 18.8 Å². The Kier molecular flexibility index (Phi) is 8.73. The van der Waals surface area contributed by atoms with Crippen LogP contribution in [0, 0.1) is 5.92 Å². The van der Waals surface area contributed by atoms with Crippen molar-refractivity contribution in [2.75, 3.05) is 33.7 Å². The number of hydrogen-bond acceptors (Lipinski definition) is 4. The van der Waals surface area contributed by atoms with Crippen LogP contribution in [0.15, 0.2) is 10.4 Å². The van der Waals surface area contributed by atoms with Crippen LogP contribution in [0.3, 0.4) is 0 Å². The Bertz CT molecular complexity index is 641. The molecule has 0 aliphatic heterocycles. The Labute approximate surface area is 174 Å². The molecule has 0 saturated heterocycles. The SMILES string of the molecule is CN(C)C(=O)CN=C(NCCc1csc(C(C)(C)C)n1)NCC1CCCCC1. The number of hydrogen-bond donors (Lipinski definition) is 2. The van der Waals surface area contributed by atoms with Gasteiger partial charge in [-0.1, -0.05) is 40.0 Å². The van der Waals surface area contributed by atoms with Gasteiger partial charge in [0.1, 0.15) is 6.54 Å². The van der Waals surface area contributed by atoms with Crippen molar-refractivity contribution in [3.05, 3.63) is 16.1 Å². The molecule has 0 atom stereocenters. The average Bonchev–Trinajstić information content (AvgIpc) is 3.13. The Balaban J connectivity index is 1.87. The van der Waals surface area contributed by atoms with Gasteiger partial charge in [-0.3, -0.25) is 4.79 Å². The van der Waals surface area contributed by atoms with E-state index in [0.717, 1.165) is 31.2 Å². The lowest BCUT2D eigenvalue weighted by Crippen LogP contribution is -2.41. The van der Waals surface area contributed by atoms with Crippen molar-refractivity contribution in [1.82, 2.24) is 20.5 Å². The Morgan fingerprint density at radius 2 is 1.96 bits per heavy atom. The maximum absolute atomic E-state index is 11.9. The summed E-state index contributed by atoms with van der Waals surface area (Å²) in [4.78, 5) is 22.7. The lowest BCUT2D eigenvalue weighted by molar-refractivity contribution is -0.127. The van der Waals surface area contributed by atoms with Crippen molar-refractivity contribution >= 4 is 23.2 Å². The minimum Gasteiger partial charge on any atom is -0.356 e. The normalized spacial score (nSPS) is 16.1. The number of thiazole rings is 1. The fraction of sp³-hybridized carbons (Fsp3) is 0.762. The lowest BCUT2D eigenvalue weighted by Gasteiger charge is -2.23. The molecule has 7 heteroatoms. The Hall–Kier alpha value is -1.63. The molecule has 1 aliphatic carbocycles. The molecule has 6 nitrogen and oxygen atoms in total. The van der Waals surface area contributed by atoms with Gasteiger partial charge in [0.05, 0.1) is 10.7 Å². The number of guanidine groups is 1. The smallest absolute Gasteiger partial charge is 0.243 e. The minimum absolute atomic E-state index is 0.00749. The van der Waals surface area contributed by atoms with Crippen LogP contribution in [0.4, 0.5) is 0 Å². The van der Waals surface area contributed by atoms with E-state index < -0.39 is 0 Å². The predicted octanol–water partition coefficient (Wildman–Crippen LogP) is 3.19. The number of rotatable bonds is 7. The van der Waals surface area contributed by atoms with Crippen LogP contribution in [0.2, 0.25) is 0 Å². The zero-order valence-electron chi connectivity index (χ0n) is 18.2. The van der Waals surface area contributed by atoms with Crippen LogP contribution in [0.25, 0.3) is 0 Å². The topological polar surface area (TPSA) is 69.6 Å². The summed E-state index contributed by atoms with van der Waals surface area (Å²) < 4.78 is 0. The molecule has 1 heterocycles. The fourth-order valence-electron chi connectivity index (χ4n) is 3.17. The van der Waals surface area contributed by atoms with Crippen molar-refractivity contribution in [1.29, 1.82) is 0 Å². The number of nitrogens with zero attached hydrogens (tertiary/aromatic N) is 3. The molecule has 0 unspecified atom stereocenters. The highest BCUT2D eigenvalue weighted by atomic mass is 32.1. The predicted molar refractivity (Wildman–Crippen MR) is 118 cm³/mol. The van der Waals surface area contributed by atoms with E-state index in [1.54, 1.807) is 30.3 Å². The number of aliphatic imine (C=N–C) groups is 1. The van der Waals surface area contributed by atoms with Gasteiger partial charge in [0.25, 0.3) is 0 Å². The first-order valence-corrected chi connectivity index (χ1v) is 11.3. The third-order valence-corrected chi connectivity index (χ3v) is 6.34. The molecule has 2 rings (SSSR count). The number of carbonyl (C=O) groups is 1. The van der Waals surface area contributed by atoms with Crippen molar-refractivity contribution in [3.8, 4) is 0 Å². The first-order valence-electron chi connectivity index (χ1n) is 10.4. The number of amides is 1. The third kappa shape index (κ3) is 7.78. The summed E-state index contributed by atoms with van der Waals surface area (Å²) in [5, 5.41) is 10.1. The molecule has 1 amide bonds. The Morgan fingerprint density at radius 1 is 1.25 bits per heavy atom. The van der Waals surface area contributed by atoms with Crippen LogP contribution < -0.4 is 10.6 Å². The molecule has 1 aromatic heterocycles. The highest BCUT2D eigenvalue weighted by Crippen LogP contribution is 2.25. The first-order chi connectivity index (χ1) is 13.3. The van der Waals surface area contributed by atoms with Crippen molar-refractivity contribution in [2.24, 2.45) is 10.9 Å². The fourth-order valence-corrected chi connectivity index (χ4v) is 4.11. The molecule has 158 valence electrons. The lowest BCUT2D eigenvalue weighted by atomic mass is 9.89. The van der Waals surface area contributed by atoms with Gasteiger partial charge in [-0.15, -0.1) is 11.3 Å². The molecule has 0 aromatic carbocycles. The molecule has 28 heavy (non-hydrogen) atoms. The van der Waals surface area contributed by atoms with Gasteiger partial charge >= 0.3 is 0 Å². The zero-order chi connectivity index (χ0) is 20.6. The number of nitrogens with one attached hydrogen (secondary N) is 2. The molecule has 0 spiro atoms. The van der Waals surface area contributed by atoms with E-state index in [1.807, 2.05) is 0 Å². The molecule has 1 fully saturated rings. The monoisotopic (exact) mass is 407 g/mol. The molecule has 0 radical (unpaired) electrons. The highest BCUT2D eigenvalue weighted by molar-refractivity contribution is 7.09. The van der Waals surface area contributed by atoms with Crippen LogP contribution in [0.5, 0.6) is 0 Å². The number of likely N-dealkylation sites (N-methyl/N-ethyl adjacent to an activating group) is 1. The summed E-state index contributed by atoms with van der Waals surface area (Å²) in [5.41, 5.74) is 1.20. The molecular formula is C21H37N5OS. The highest BCUT2D eigenvalue weighted by Gasteiger charge is 2.18. The number of aromatic nitrogens is 1. The van der Waals surface area contributed by atoms with Crippen LogP contribution in [-0.2, 0) is 16.6 Å². The second-order valence-corrected chi connectivity index (χ2v) is 9.77. The molecule has 2 N–H and O–H groups in total. The standard InChI is InChI=1S/C21H37N5OS/c1-21(2,3)19-25-17(15-28-19)11-12-22-20(24-14-18(27)26(4)5)23-13-16-9-7-6-8-10-16/h15-16H,6-14H2,1-5H3,(H2,22,23,24). The summed E-state index contributed by atoms with van der Waals surface area (Å²) in [7, 11) is 3.52. The van der Waals surface area contributed by atoms with Gasteiger partial charge in [0, 0.05) is 44.4 Å². The van der Waals surface area contributed by atoms with E-state index in [0.29, 0.717) is 5.92 Å². The van der Waals surface area contributed by atoms with E-state index >= 15 is 0 Å². The van der Waals surface area contributed by atoms with Gasteiger partial charge < -0.3 is 15.5 Å². The minimum atomic E-state index is 0.00749. The summed E-state index contributed by atoms with van der Waals surface area (Å²) in [6.07, 6.45) is 7.42. The molecule has 1 saturated carbocycles. The van der Waals surface area contributed by atoms with Crippen LogP contribution in [-0.4, -0.2) is 55.5 Å². The van der Waals surface area contributed by atoms with Crippen LogP contribution >= 0.6 is 11.3 Å². The molecule has 0 bridgehead atoms. The molecule has 1 aliphatic rings. The maximum atomic E-state index is 11.9. The van der Waals surface area contributed by atoms with E-state index in [1.165, 1.54) is 37.1 Å². The third-order valence-electron chi connectivity index (χ3n) is 5.02. The Morgan fingerprint density at radius 3 is 2.57 bits per heavy atom. The summed E-state index contributed by atoms with van der Waals surface area (Å²) in [5.74, 6) is 1.44. The summed E-state index contributed by atoms with van der Waals surface area (Å²) >= 11 is 1.73.